The highest BCUT2D eigenvalue weighted by atomic mass is 35.5. The monoisotopic (exact) mass is 483 g/mol. The number of nitrogens with zero attached hydrogens (tertiary/aromatic N) is 5. The van der Waals surface area contributed by atoms with Crippen LogP contribution in [0, 0.1) is 0 Å². The predicted octanol–water partition coefficient (Wildman–Crippen LogP) is 5.26. The molecule has 1 aliphatic rings. The number of carbonyl (C=O) groups is 1. The molecule has 4 aromatic rings. The van der Waals surface area contributed by atoms with Crippen LogP contribution in [0.15, 0.2) is 74.8 Å². The average Bonchev–Trinajstić information content (AvgIpc) is 3.59. The van der Waals surface area contributed by atoms with Gasteiger partial charge in [0.15, 0.2) is 11.0 Å². The molecule has 5 rings (SSSR count). The molecule has 1 atom stereocenters. The molecule has 0 bridgehead atoms. The molecule has 10 heteroatoms. The van der Waals surface area contributed by atoms with Gasteiger partial charge in [0, 0.05) is 24.1 Å². The van der Waals surface area contributed by atoms with Gasteiger partial charge in [-0.2, -0.15) is 5.10 Å². The molecule has 162 valence electrons. The van der Waals surface area contributed by atoms with Crippen molar-refractivity contribution in [1.82, 2.24) is 19.8 Å². The van der Waals surface area contributed by atoms with Crippen LogP contribution in [0.25, 0.3) is 11.4 Å². The quantitative estimate of drug-likeness (QED) is 0.349. The third kappa shape index (κ3) is 4.11. The van der Waals surface area contributed by atoms with Crippen LogP contribution >= 0.6 is 34.7 Å². The summed E-state index contributed by atoms with van der Waals surface area (Å²) in [5.74, 6) is 1.51. The summed E-state index contributed by atoms with van der Waals surface area (Å²) in [6.07, 6.45) is 2.24. The van der Waals surface area contributed by atoms with Crippen molar-refractivity contribution in [2.24, 2.45) is 12.1 Å². The number of thioether (sulfide) groups is 1. The molecule has 32 heavy (non-hydrogen) atoms. The zero-order valence-electron chi connectivity index (χ0n) is 17.0. The van der Waals surface area contributed by atoms with E-state index < -0.39 is 0 Å². The molecule has 0 saturated carbocycles. The van der Waals surface area contributed by atoms with Gasteiger partial charge in [0.2, 0.25) is 0 Å². The second-order valence-electron chi connectivity index (χ2n) is 7.16. The smallest absolute Gasteiger partial charge is 0.253 e. The molecule has 1 amide bonds. The Labute approximate surface area is 197 Å². The first-order valence-corrected chi connectivity index (χ1v) is 12.1. The Kier molecular flexibility index (Phi) is 5.86. The van der Waals surface area contributed by atoms with E-state index >= 15 is 0 Å². The number of hydrogen-bond acceptors (Lipinski definition) is 7. The minimum absolute atomic E-state index is 0.112. The summed E-state index contributed by atoms with van der Waals surface area (Å²) in [5, 5.41) is 18.0. The average molecular weight is 484 g/mol. The maximum absolute atomic E-state index is 13.2. The molecule has 0 radical (unpaired) electrons. The number of benzene rings is 1. The fourth-order valence-corrected chi connectivity index (χ4v) is 5.13. The first-order chi connectivity index (χ1) is 15.6. The van der Waals surface area contributed by atoms with Crippen LogP contribution in [0.2, 0.25) is 5.02 Å². The van der Waals surface area contributed by atoms with Crippen molar-refractivity contribution in [3.05, 3.63) is 75.8 Å². The molecule has 0 fully saturated rings. The minimum atomic E-state index is -0.251. The Morgan fingerprint density at radius 3 is 2.78 bits per heavy atom. The number of hydrogen-bond donors (Lipinski definition) is 0. The standard InChI is InChI=1S/C22H18ClN5O2S2/c1-27-21(14-6-8-15(23)9-7-14)24-25-22(27)32-13-20(29)28-17(18-4-2-10-30-18)12-16(26-28)19-5-3-11-31-19/h2-11,17H,12-13H2,1H3. The highest BCUT2D eigenvalue weighted by Crippen LogP contribution is 2.35. The van der Waals surface area contributed by atoms with Gasteiger partial charge in [0.05, 0.1) is 22.6 Å². The Hall–Kier alpha value is -2.88. The zero-order valence-corrected chi connectivity index (χ0v) is 19.4. The first kappa shape index (κ1) is 21.0. The predicted molar refractivity (Wildman–Crippen MR) is 126 cm³/mol. The van der Waals surface area contributed by atoms with E-state index in [0.717, 1.165) is 21.9 Å². The van der Waals surface area contributed by atoms with E-state index in [-0.39, 0.29) is 17.7 Å². The van der Waals surface area contributed by atoms with Gasteiger partial charge in [0.25, 0.3) is 5.91 Å². The number of thiophene rings is 1. The van der Waals surface area contributed by atoms with Gasteiger partial charge in [-0.1, -0.05) is 29.4 Å². The summed E-state index contributed by atoms with van der Waals surface area (Å²) in [4.78, 5) is 14.2. The van der Waals surface area contributed by atoms with Gasteiger partial charge in [0.1, 0.15) is 11.8 Å². The summed E-state index contributed by atoms with van der Waals surface area (Å²) in [5.41, 5.74) is 1.80. The lowest BCUT2D eigenvalue weighted by molar-refractivity contribution is -0.130. The van der Waals surface area contributed by atoms with Crippen molar-refractivity contribution < 1.29 is 9.21 Å². The van der Waals surface area contributed by atoms with E-state index in [0.29, 0.717) is 22.4 Å². The molecule has 0 spiro atoms. The van der Waals surface area contributed by atoms with E-state index in [1.807, 2.05) is 65.5 Å². The molecular weight excluding hydrogens is 466 g/mol. The van der Waals surface area contributed by atoms with E-state index in [1.165, 1.54) is 16.8 Å². The van der Waals surface area contributed by atoms with Gasteiger partial charge in [-0.3, -0.25) is 4.79 Å². The van der Waals surface area contributed by atoms with Crippen LogP contribution in [-0.4, -0.2) is 37.1 Å². The molecule has 1 aromatic carbocycles. The van der Waals surface area contributed by atoms with E-state index in [2.05, 4.69) is 15.3 Å². The molecule has 4 heterocycles. The lowest BCUT2D eigenvalue weighted by Gasteiger charge is -2.19. The fraction of sp³-hybridized carbons (Fsp3) is 0.182. The number of aromatic nitrogens is 3. The SMILES string of the molecule is Cn1c(SCC(=O)N2N=C(c3cccs3)CC2c2ccco2)nnc1-c1ccc(Cl)cc1. The topological polar surface area (TPSA) is 76.5 Å². The highest BCUT2D eigenvalue weighted by molar-refractivity contribution is 7.99. The summed E-state index contributed by atoms with van der Waals surface area (Å²) in [6, 6.07) is 14.9. The molecule has 3 aromatic heterocycles. The summed E-state index contributed by atoms with van der Waals surface area (Å²) >= 11 is 8.92. The van der Waals surface area contributed by atoms with Gasteiger partial charge in [-0.25, -0.2) is 5.01 Å². The minimum Gasteiger partial charge on any atom is -0.467 e. The van der Waals surface area contributed by atoms with Crippen LogP contribution in [0.4, 0.5) is 0 Å². The number of hydrazone groups is 1. The van der Waals surface area contributed by atoms with Crippen LogP contribution in [0.3, 0.4) is 0 Å². The molecule has 0 N–H and O–H groups in total. The number of rotatable bonds is 6. The van der Waals surface area contributed by atoms with E-state index in [1.54, 1.807) is 17.6 Å². The normalized spacial score (nSPS) is 15.9. The lowest BCUT2D eigenvalue weighted by atomic mass is 10.1. The number of furan rings is 1. The Morgan fingerprint density at radius 2 is 2.06 bits per heavy atom. The van der Waals surface area contributed by atoms with Crippen molar-refractivity contribution in [1.29, 1.82) is 0 Å². The van der Waals surface area contributed by atoms with Crippen molar-refractivity contribution in [2.75, 3.05) is 5.75 Å². The van der Waals surface area contributed by atoms with Crippen LogP contribution in [0.1, 0.15) is 23.1 Å². The number of amides is 1. The van der Waals surface area contributed by atoms with Crippen molar-refractivity contribution in [2.45, 2.75) is 17.6 Å². The number of halogens is 1. The van der Waals surface area contributed by atoms with Crippen molar-refractivity contribution >= 4 is 46.3 Å². The molecular formula is C22H18ClN5O2S2. The maximum atomic E-state index is 13.2. The Morgan fingerprint density at radius 1 is 1.22 bits per heavy atom. The zero-order chi connectivity index (χ0) is 22.1. The Balaban J connectivity index is 1.33. The highest BCUT2D eigenvalue weighted by Gasteiger charge is 2.35. The van der Waals surface area contributed by atoms with Gasteiger partial charge in [-0.15, -0.1) is 21.5 Å². The summed E-state index contributed by atoms with van der Waals surface area (Å²) in [6.45, 7) is 0. The first-order valence-electron chi connectivity index (χ1n) is 9.85. The molecule has 7 nitrogen and oxygen atoms in total. The Bertz CT molecular complexity index is 1250. The second kappa shape index (κ2) is 8.93. The third-order valence-corrected chi connectivity index (χ3v) is 7.28. The van der Waals surface area contributed by atoms with E-state index in [4.69, 9.17) is 16.0 Å². The number of carbonyl (C=O) groups excluding carboxylic acids is 1. The lowest BCUT2D eigenvalue weighted by Crippen LogP contribution is -2.28. The van der Waals surface area contributed by atoms with Crippen LogP contribution in [-0.2, 0) is 11.8 Å². The van der Waals surface area contributed by atoms with Crippen LogP contribution < -0.4 is 0 Å². The molecule has 0 aliphatic carbocycles. The van der Waals surface area contributed by atoms with Crippen molar-refractivity contribution in [3.63, 3.8) is 0 Å². The summed E-state index contributed by atoms with van der Waals surface area (Å²) in [7, 11) is 1.88. The fourth-order valence-electron chi connectivity index (χ4n) is 3.52. The molecule has 0 saturated heterocycles. The summed E-state index contributed by atoms with van der Waals surface area (Å²) < 4.78 is 7.47. The largest absolute Gasteiger partial charge is 0.467 e. The van der Waals surface area contributed by atoms with Crippen molar-refractivity contribution in [3.8, 4) is 11.4 Å². The van der Waals surface area contributed by atoms with Gasteiger partial charge >= 0.3 is 0 Å². The second-order valence-corrected chi connectivity index (χ2v) is 9.49. The third-order valence-electron chi connectivity index (χ3n) is 5.11. The van der Waals surface area contributed by atoms with Crippen LogP contribution in [0.5, 0.6) is 0 Å². The van der Waals surface area contributed by atoms with Gasteiger partial charge < -0.3 is 8.98 Å². The molecule has 1 unspecified atom stereocenters. The maximum Gasteiger partial charge on any atom is 0.253 e. The van der Waals surface area contributed by atoms with E-state index in [9.17, 15) is 4.79 Å². The van der Waals surface area contributed by atoms with Gasteiger partial charge in [-0.05, 0) is 47.8 Å². The molecule has 1 aliphatic heterocycles.